The van der Waals surface area contributed by atoms with Gasteiger partial charge in [0.1, 0.15) is 6.04 Å². The summed E-state index contributed by atoms with van der Waals surface area (Å²) >= 11 is 0. The fourth-order valence-corrected chi connectivity index (χ4v) is 1.19. The highest BCUT2D eigenvalue weighted by Gasteiger charge is 2.29. The number of carbonyl (C=O) groups is 3. The van der Waals surface area contributed by atoms with Crippen LogP contribution in [0.15, 0.2) is 0 Å². The maximum atomic E-state index is 11.4. The highest BCUT2D eigenvalue weighted by molar-refractivity contribution is 5.91. The molecule has 14 heavy (non-hydrogen) atoms. The van der Waals surface area contributed by atoms with Crippen LogP contribution in [0.25, 0.3) is 0 Å². The van der Waals surface area contributed by atoms with Crippen LogP contribution < -0.4 is 16.4 Å². The van der Waals surface area contributed by atoms with Crippen LogP contribution in [0.4, 0.5) is 0 Å². The van der Waals surface area contributed by atoms with Gasteiger partial charge in [0.2, 0.25) is 17.7 Å². The third-order valence-electron chi connectivity index (χ3n) is 2.13. The van der Waals surface area contributed by atoms with E-state index in [2.05, 4.69) is 10.6 Å². The maximum absolute atomic E-state index is 11.4. The van der Waals surface area contributed by atoms with Gasteiger partial charge in [-0.1, -0.05) is 0 Å². The molecule has 2 atom stereocenters. The molecule has 1 saturated heterocycles. The predicted molar refractivity (Wildman–Crippen MR) is 47.9 cm³/mol. The SMILES string of the molecule is C[C@@H](NC(=O)C1CNC(=O)C1)C(N)=O. The molecule has 6 heteroatoms. The van der Waals surface area contributed by atoms with Gasteiger partial charge in [-0.05, 0) is 6.92 Å². The molecule has 0 aromatic carbocycles. The first-order valence-electron chi connectivity index (χ1n) is 4.37. The van der Waals surface area contributed by atoms with Crippen molar-refractivity contribution in [1.29, 1.82) is 0 Å². The minimum atomic E-state index is -0.696. The first kappa shape index (κ1) is 10.5. The number of rotatable bonds is 3. The lowest BCUT2D eigenvalue weighted by Crippen LogP contribution is -2.45. The van der Waals surface area contributed by atoms with Crippen molar-refractivity contribution < 1.29 is 14.4 Å². The van der Waals surface area contributed by atoms with E-state index < -0.39 is 11.9 Å². The van der Waals surface area contributed by atoms with Crippen molar-refractivity contribution in [2.75, 3.05) is 6.54 Å². The molecule has 1 aliphatic rings. The summed E-state index contributed by atoms with van der Waals surface area (Å²) in [6.45, 7) is 1.83. The van der Waals surface area contributed by atoms with E-state index in [9.17, 15) is 14.4 Å². The molecular weight excluding hydrogens is 186 g/mol. The molecule has 0 bridgehead atoms. The molecule has 1 heterocycles. The molecule has 0 aromatic heterocycles. The molecular formula is C8H13N3O3. The van der Waals surface area contributed by atoms with Crippen LogP contribution >= 0.6 is 0 Å². The topological polar surface area (TPSA) is 101 Å². The molecule has 0 aromatic rings. The Kier molecular flexibility index (Phi) is 3.06. The van der Waals surface area contributed by atoms with Crippen molar-refractivity contribution in [1.82, 2.24) is 10.6 Å². The quantitative estimate of drug-likeness (QED) is 0.495. The molecule has 1 unspecified atom stereocenters. The summed E-state index contributed by atoms with van der Waals surface area (Å²) in [4.78, 5) is 32.8. The Morgan fingerprint density at radius 2 is 2.29 bits per heavy atom. The summed E-state index contributed by atoms with van der Waals surface area (Å²) in [7, 11) is 0. The molecule has 1 rings (SSSR count). The Labute approximate surface area is 81.2 Å². The van der Waals surface area contributed by atoms with Gasteiger partial charge in [0.25, 0.3) is 0 Å². The highest BCUT2D eigenvalue weighted by atomic mass is 16.2. The first-order valence-corrected chi connectivity index (χ1v) is 4.37. The van der Waals surface area contributed by atoms with Gasteiger partial charge in [0, 0.05) is 13.0 Å². The van der Waals surface area contributed by atoms with Crippen molar-refractivity contribution >= 4 is 17.7 Å². The average Bonchev–Trinajstić information content (AvgIpc) is 2.51. The Morgan fingerprint density at radius 1 is 1.64 bits per heavy atom. The van der Waals surface area contributed by atoms with Crippen LogP contribution in [0.3, 0.4) is 0 Å². The molecule has 6 nitrogen and oxygen atoms in total. The zero-order chi connectivity index (χ0) is 10.7. The van der Waals surface area contributed by atoms with E-state index in [1.807, 2.05) is 0 Å². The van der Waals surface area contributed by atoms with Crippen molar-refractivity contribution in [3.63, 3.8) is 0 Å². The van der Waals surface area contributed by atoms with Gasteiger partial charge in [0.05, 0.1) is 5.92 Å². The second kappa shape index (κ2) is 4.08. The molecule has 1 fully saturated rings. The molecule has 4 N–H and O–H groups in total. The largest absolute Gasteiger partial charge is 0.368 e. The van der Waals surface area contributed by atoms with E-state index in [0.29, 0.717) is 6.54 Å². The van der Waals surface area contributed by atoms with Crippen molar-refractivity contribution in [2.45, 2.75) is 19.4 Å². The van der Waals surface area contributed by atoms with Gasteiger partial charge < -0.3 is 16.4 Å². The standard InChI is InChI=1S/C8H13N3O3/c1-4(7(9)13)11-8(14)5-2-6(12)10-3-5/h4-5H,2-3H2,1H3,(H2,9,13)(H,10,12)(H,11,14)/t4-,5?/m1/s1. The summed E-state index contributed by atoms with van der Waals surface area (Å²) in [5.74, 6) is -1.42. The number of nitrogens with one attached hydrogen (secondary N) is 2. The van der Waals surface area contributed by atoms with E-state index >= 15 is 0 Å². The lowest BCUT2D eigenvalue weighted by atomic mass is 10.1. The van der Waals surface area contributed by atoms with Gasteiger partial charge >= 0.3 is 0 Å². The van der Waals surface area contributed by atoms with E-state index in [4.69, 9.17) is 5.73 Å². The van der Waals surface area contributed by atoms with Crippen LogP contribution in [0.5, 0.6) is 0 Å². The number of amides is 3. The first-order chi connectivity index (χ1) is 6.50. The Balaban J connectivity index is 2.42. The third-order valence-corrected chi connectivity index (χ3v) is 2.13. The zero-order valence-electron chi connectivity index (χ0n) is 7.87. The van der Waals surface area contributed by atoms with Gasteiger partial charge in [-0.15, -0.1) is 0 Å². The van der Waals surface area contributed by atoms with E-state index in [-0.39, 0.29) is 24.2 Å². The zero-order valence-corrected chi connectivity index (χ0v) is 7.87. The van der Waals surface area contributed by atoms with Gasteiger partial charge in [0.15, 0.2) is 0 Å². The molecule has 0 aliphatic carbocycles. The van der Waals surface area contributed by atoms with Crippen LogP contribution in [0.2, 0.25) is 0 Å². The average molecular weight is 199 g/mol. The number of primary amides is 1. The van der Waals surface area contributed by atoms with Crippen LogP contribution in [-0.2, 0) is 14.4 Å². The minimum absolute atomic E-state index is 0.142. The molecule has 78 valence electrons. The lowest BCUT2D eigenvalue weighted by Gasteiger charge is -2.12. The lowest BCUT2D eigenvalue weighted by molar-refractivity contribution is -0.129. The minimum Gasteiger partial charge on any atom is -0.368 e. The van der Waals surface area contributed by atoms with Crippen LogP contribution in [0.1, 0.15) is 13.3 Å². The highest BCUT2D eigenvalue weighted by Crippen LogP contribution is 2.08. The van der Waals surface area contributed by atoms with E-state index in [1.54, 1.807) is 0 Å². The Morgan fingerprint density at radius 3 is 2.71 bits per heavy atom. The summed E-state index contributed by atoms with van der Waals surface area (Å²) in [5, 5.41) is 4.97. The summed E-state index contributed by atoms with van der Waals surface area (Å²) in [5.41, 5.74) is 4.97. The van der Waals surface area contributed by atoms with Crippen molar-refractivity contribution in [3.05, 3.63) is 0 Å². The Bertz CT molecular complexity index is 277. The number of hydrogen-bond acceptors (Lipinski definition) is 3. The smallest absolute Gasteiger partial charge is 0.239 e. The fraction of sp³-hybridized carbons (Fsp3) is 0.625. The maximum Gasteiger partial charge on any atom is 0.239 e. The second-order valence-electron chi connectivity index (χ2n) is 3.34. The number of nitrogens with two attached hydrogens (primary N) is 1. The monoisotopic (exact) mass is 199 g/mol. The molecule has 0 saturated carbocycles. The van der Waals surface area contributed by atoms with Gasteiger partial charge in [-0.25, -0.2) is 0 Å². The number of carbonyl (C=O) groups excluding carboxylic acids is 3. The van der Waals surface area contributed by atoms with Gasteiger partial charge in [-0.2, -0.15) is 0 Å². The molecule has 0 radical (unpaired) electrons. The van der Waals surface area contributed by atoms with Crippen molar-refractivity contribution in [2.24, 2.45) is 11.7 Å². The normalized spacial score (nSPS) is 22.6. The molecule has 0 spiro atoms. The van der Waals surface area contributed by atoms with Gasteiger partial charge in [-0.3, -0.25) is 14.4 Å². The summed E-state index contributed by atoms with van der Waals surface area (Å²) < 4.78 is 0. The molecule has 1 aliphatic heterocycles. The number of hydrogen-bond donors (Lipinski definition) is 3. The van der Waals surface area contributed by atoms with E-state index in [1.165, 1.54) is 6.92 Å². The van der Waals surface area contributed by atoms with E-state index in [0.717, 1.165) is 0 Å². The Hall–Kier alpha value is -1.59. The van der Waals surface area contributed by atoms with Crippen LogP contribution in [-0.4, -0.2) is 30.3 Å². The second-order valence-corrected chi connectivity index (χ2v) is 3.34. The predicted octanol–water partition coefficient (Wildman–Crippen LogP) is -1.89. The third kappa shape index (κ3) is 2.45. The fourth-order valence-electron chi connectivity index (χ4n) is 1.19. The van der Waals surface area contributed by atoms with Crippen molar-refractivity contribution in [3.8, 4) is 0 Å². The van der Waals surface area contributed by atoms with Crippen LogP contribution in [0, 0.1) is 5.92 Å². The summed E-state index contributed by atoms with van der Waals surface area (Å²) in [6, 6.07) is -0.696. The molecule has 3 amide bonds. The summed E-state index contributed by atoms with van der Waals surface area (Å²) in [6.07, 6.45) is 0.178.